The Morgan fingerprint density at radius 2 is 1.93 bits per heavy atom. The summed E-state index contributed by atoms with van der Waals surface area (Å²) >= 11 is 6.33. The molecule has 0 aliphatic heterocycles. The van der Waals surface area contributed by atoms with Crippen LogP contribution in [0.15, 0.2) is 67.0 Å². The number of carbonyl (C=O) groups is 1. The fraction of sp³-hybridized carbons (Fsp3) is 0.0476. The molecule has 4 nitrogen and oxygen atoms in total. The Morgan fingerprint density at radius 1 is 1.11 bits per heavy atom. The lowest BCUT2D eigenvalue weighted by Crippen LogP contribution is -2.07. The van der Waals surface area contributed by atoms with Crippen molar-refractivity contribution in [1.29, 1.82) is 0 Å². The second-order valence-corrected chi connectivity index (χ2v) is 6.32. The van der Waals surface area contributed by atoms with E-state index in [1.54, 1.807) is 18.3 Å². The predicted octanol–water partition coefficient (Wildman–Crippen LogP) is 5.17. The molecule has 0 atom stereocenters. The standard InChI is InChI=1S/C21H14ClFN2O2/c22-19-17(27-12-13-5-2-1-3-6-13)9-8-16(23)18(19)20(26)15-11-25-21-14(15)7-4-10-24-21/h1-11H,12H2,(H,24,25). The van der Waals surface area contributed by atoms with Crippen molar-refractivity contribution in [3.8, 4) is 5.75 Å². The lowest BCUT2D eigenvalue weighted by molar-refractivity contribution is 0.103. The van der Waals surface area contributed by atoms with E-state index in [2.05, 4.69) is 9.97 Å². The van der Waals surface area contributed by atoms with Crippen LogP contribution in [-0.2, 0) is 6.61 Å². The van der Waals surface area contributed by atoms with Crippen molar-refractivity contribution in [3.05, 3.63) is 94.5 Å². The van der Waals surface area contributed by atoms with E-state index in [1.165, 1.54) is 18.3 Å². The Hall–Kier alpha value is -3.18. The van der Waals surface area contributed by atoms with E-state index in [0.717, 1.165) is 5.56 Å². The number of pyridine rings is 1. The summed E-state index contributed by atoms with van der Waals surface area (Å²) in [5.74, 6) is -0.972. The minimum atomic E-state index is -0.699. The van der Waals surface area contributed by atoms with Gasteiger partial charge in [0.2, 0.25) is 0 Å². The van der Waals surface area contributed by atoms with E-state index in [4.69, 9.17) is 16.3 Å². The Morgan fingerprint density at radius 3 is 2.74 bits per heavy atom. The third-order valence-electron chi connectivity index (χ3n) is 4.22. The third-order valence-corrected chi connectivity index (χ3v) is 4.59. The van der Waals surface area contributed by atoms with Crippen molar-refractivity contribution in [2.45, 2.75) is 6.61 Å². The van der Waals surface area contributed by atoms with Crippen LogP contribution in [0, 0.1) is 5.82 Å². The number of carbonyl (C=O) groups excluding carboxylic acids is 1. The average molecular weight is 381 g/mol. The molecule has 4 rings (SSSR count). The molecule has 1 N–H and O–H groups in total. The van der Waals surface area contributed by atoms with Crippen molar-refractivity contribution in [3.63, 3.8) is 0 Å². The number of ketones is 1. The molecule has 2 aromatic heterocycles. The van der Waals surface area contributed by atoms with Gasteiger partial charge in [-0.25, -0.2) is 9.37 Å². The van der Waals surface area contributed by atoms with Gasteiger partial charge >= 0.3 is 0 Å². The number of H-pyrrole nitrogens is 1. The van der Waals surface area contributed by atoms with E-state index >= 15 is 0 Å². The van der Waals surface area contributed by atoms with Crippen molar-refractivity contribution in [2.24, 2.45) is 0 Å². The van der Waals surface area contributed by atoms with Crippen LogP contribution in [0.25, 0.3) is 11.0 Å². The van der Waals surface area contributed by atoms with Crippen LogP contribution < -0.4 is 4.74 Å². The van der Waals surface area contributed by atoms with Gasteiger partial charge < -0.3 is 9.72 Å². The second-order valence-electron chi connectivity index (χ2n) is 5.94. The summed E-state index contributed by atoms with van der Waals surface area (Å²) in [5, 5.41) is 0.558. The summed E-state index contributed by atoms with van der Waals surface area (Å²) in [6, 6.07) is 15.6. The van der Waals surface area contributed by atoms with E-state index in [1.807, 2.05) is 30.3 Å². The molecule has 4 aromatic rings. The summed E-state index contributed by atoms with van der Waals surface area (Å²) in [5.41, 5.74) is 1.58. The molecule has 0 aliphatic rings. The number of fused-ring (bicyclic) bond motifs is 1. The molecule has 0 amide bonds. The summed E-state index contributed by atoms with van der Waals surface area (Å²) in [7, 11) is 0. The molecular weight excluding hydrogens is 367 g/mol. The molecular formula is C21H14ClFN2O2. The number of rotatable bonds is 5. The molecule has 0 bridgehead atoms. The van der Waals surface area contributed by atoms with E-state index in [-0.39, 0.29) is 22.9 Å². The first-order valence-electron chi connectivity index (χ1n) is 8.26. The molecule has 0 saturated carbocycles. The Balaban J connectivity index is 1.69. The minimum absolute atomic E-state index is 0.0471. The van der Waals surface area contributed by atoms with Crippen LogP contribution in [0.5, 0.6) is 5.75 Å². The van der Waals surface area contributed by atoms with Crippen molar-refractivity contribution >= 4 is 28.4 Å². The van der Waals surface area contributed by atoms with Crippen LogP contribution in [-0.4, -0.2) is 15.8 Å². The molecule has 27 heavy (non-hydrogen) atoms. The Labute approximate surface area is 159 Å². The van der Waals surface area contributed by atoms with Gasteiger partial charge in [0.1, 0.15) is 23.8 Å². The molecule has 0 aliphatic carbocycles. The van der Waals surface area contributed by atoms with Gasteiger partial charge in [-0.05, 0) is 29.8 Å². The van der Waals surface area contributed by atoms with Gasteiger partial charge in [-0.2, -0.15) is 0 Å². The number of ether oxygens (including phenoxy) is 1. The van der Waals surface area contributed by atoms with Gasteiger partial charge in [-0.1, -0.05) is 41.9 Å². The quantitative estimate of drug-likeness (QED) is 0.486. The number of hydrogen-bond acceptors (Lipinski definition) is 3. The summed E-state index contributed by atoms with van der Waals surface area (Å²) in [6.07, 6.45) is 3.12. The lowest BCUT2D eigenvalue weighted by atomic mass is 10.0. The molecule has 0 radical (unpaired) electrons. The molecule has 6 heteroatoms. The van der Waals surface area contributed by atoms with Gasteiger partial charge in [-0.3, -0.25) is 4.79 Å². The van der Waals surface area contributed by atoms with Gasteiger partial charge in [0.25, 0.3) is 0 Å². The number of nitrogens with zero attached hydrogens (tertiary/aromatic N) is 1. The van der Waals surface area contributed by atoms with Gasteiger partial charge in [0.15, 0.2) is 5.78 Å². The Bertz CT molecular complexity index is 1130. The average Bonchev–Trinajstić information content (AvgIpc) is 3.12. The minimum Gasteiger partial charge on any atom is -0.487 e. The van der Waals surface area contributed by atoms with E-state index < -0.39 is 11.6 Å². The zero-order chi connectivity index (χ0) is 18.8. The second kappa shape index (κ2) is 7.21. The highest BCUT2D eigenvalue weighted by molar-refractivity contribution is 6.37. The summed E-state index contributed by atoms with van der Waals surface area (Å²) in [6.45, 7) is 0.261. The number of aromatic nitrogens is 2. The molecule has 0 saturated heterocycles. The number of nitrogens with one attached hydrogen (secondary N) is 1. The molecule has 0 unspecified atom stereocenters. The van der Waals surface area contributed by atoms with Crippen LogP contribution >= 0.6 is 11.6 Å². The maximum Gasteiger partial charge on any atom is 0.199 e. The number of hydrogen-bond donors (Lipinski definition) is 1. The summed E-state index contributed by atoms with van der Waals surface area (Å²) < 4.78 is 20.2. The number of benzene rings is 2. The van der Waals surface area contributed by atoms with Crippen molar-refractivity contribution in [2.75, 3.05) is 0 Å². The highest BCUT2D eigenvalue weighted by atomic mass is 35.5. The highest BCUT2D eigenvalue weighted by Gasteiger charge is 2.23. The molecule has 2 heterocycles. The SMILES string of the molecule is O=C(c1c(F)ccc(OCc2ccccc2)c1Cl)c1c[nH]c2ncccc12. The lowest BCUT2D eigenvalue weighted by Gasteiger charge is -2.12. The number of aromatic amines is 1. The first-order chi connectivity index (χ1) is 13.1. The van der Waals surface area contributed by atoms with Crippen LogP contribution in [0.4, 0.5) is 4.39 Å². The largest absolute Gasteiger partial charge is 0.487 e. The fourth-order valence-corrected chi connectivity index (χ4v) is 3.16. The predicted molar refractivity (Wildman–Crippen MR) is 102 cm³/mol. The van der Waals surface area contributed by atoms with Gasteiger partial charge in [0, 0.05) is 23.3 Å². The first-order valence-corrected chi connectivity index (χ1v) is 8.64. The zero-order valence-corrected chi connectivity index (χ0v) is 14.8. The van der Waals surface area contributed by atoms with E-state index in [0.29, 0.717) is 16.6 Å². The summed E-state index contributed by atoms with van der Waals surface area (Å²) in [4.78, 5) is 20.0. The van der Waals surface area contributed by atoms with Crippen LogP contribution in [0.1, 0.15) is 21.5 Å². The third kappa shape index (κ3) is 3.29. The van der Waals surface area contributed by atoms with Crippen molar-refractivity contribution in [1.82, 2.24) is 9.97 Å². The molecule has 134 valence electrons. The first kappa shape index (κ1) is 17.2. The molecule has 0 fully saturated rings. The smallest absolute Gasteiger partial charge is 0.199 e. The number of halogens is 2. The maximum atomic E-state index is 14.4. The van der Waals surface area contributed by atoms with Crippen LogP contribution in [0.3, 0.4) is 0 Å². The highest BCUT2D eigenvalue weighted by Crippen LogP contribution is 2.33. The monoisotopic (exact) mass is 380 g/mol. The zero-order valence-electron chi connectivity index (χ0n) is 14.1. The van der Waals surface area contributed by atoms with Crippen molar-refractivity contribution < 1.29 is 13.9 Å². The molecule has 2 aromatic carbocycles. The van der Waals surface area contributed by atoms with Gasteiger partial charge in [0.05, 0.1) is 10.6 Å². The maximum absolute atomic E-state index is 14.4. The normalized spacial score (nSPS) is 10.9. The molecule has 0 spiro atoms. The van der Waals surface area contributed by atoms with Crippen LogP contribution in [0.2, 0.25) is 5.02 Å². The Kier molecular flexibility index (Phi) is 4.60. The van der Waals surface area contributed by atoms with E-state index in [9.17, 15) is 9.18 Å². The topological polar surface area (TPSA) is 55.0 Å². The van der Waals surface area contributed by atoms with Gasteiger partial charge in [-0.15, -0.1) is 0 Å². The fourth-order valence-electron chi connectivity index (χ4n) is 2.87.